The number of ether oxygens (including phenoxy) is 1. The second-order valence-corrected chi connectivity index (χ2v) is 8.09. The molecule has 2 aliphatic heterocycles. The van der Waals surface area contributed by atoms with Gasteiger partial charge in [0.05, 0.1) is 18.7 Å². The zero-order valence-corrected chi connectivity index (χ0v) is 17.5. The molecule has 0 aromatic carbocycles. The Morgan fingerprint density at radius 1 is 1.03 bits per heavy atom. The summed E-state index contributed by atoms with van der Waals surface area (Å²) in [7, 11) is 0. The molecule has 1 spiro atoms. The van der Waals surface area contributed by atoms with E-state index in [-0.39, 0.29) is 24.3 Å². The Balaban J connectivity index is 1.48. The molecule has 32 heavy (non-hydrogen) atoms. The van der Waals surface area contributed by atoms with Crippen LogP contribution in [0.25, 0.3) is 0 Å². The minimum atomic E-state index is -1.15. The van der Waals surface area contributed by atoms with Gasteiger partial charge in [-0.15, -0.1) is 0 Å². The van der Waals surface area contributed by atoms with E-state index in [1.54, 1.807) is 54.2 Å². The van der Waals surface area contributed by atoms with Crippen LogP contribution < -0.4 is 0 Å². The van der Waals surface area contributed by atoms with Gasteiger partial charge in [-0.1, -0.05) is 6.07 Å². The minimum absolute atomic E-state index is 0.101. The highest BCUT2D eigenvalue weighted by molar-refractivity contribution is 5.96. The van der Waals surface area contributed by atoms with Gasteiger partial charge in [0.15, 0.2) is 5.60 Å². The van der Waals surface area contributed by atoms with E-state index < -0.39 is 5.60 Å². The van der Waals surface area contributed by atoms with E-state index in [2.05, 4.69) is 15.0 Å². The van der Waals surface area contributed by atoms with Crippen molar-refractivity contribution in [3.63, 3.8) is 0 Å². The fraction of sp³-hybridized carbons (Fsp3) is 0.292. The molecule has 3 aromatic heterocycles. The van der Waals surface area contributed by atoms with Gasteiger partial charge >= 0.3 is 0 Å². The minimum Gasteiger partial charge on any atom is -0.361 e. The van der Waals surface area contributed by atoms with Crippen LogP contribution in [0.15, 0.2) is 73.6 Å². The van der Waals surface area contributed by atoms with Crippen molar-refractivity contribution >= 4 is 11.8 Å². The highest BCUT2D eigenvalue weighted by Gasteiger charge is 2.58. The van der Waals surface area contributed by atoms with Crippen LogP contribution in [0.1, 0.15) is 27.4 Å². The number of nitrogens with zero attached hydrogens (tertiary/aromatic N) is 5. The zero-order valence-electron chi connectivity index (χ0n) is 17.5. The van der Waals surface area contributed by atoms with Crippen LogP contribution in [0.2, 0.25) is 0 Å². The van der Waals surface area contributed by atoms with Crippen molar-refractivity contribution in [2.45, 2.75) is 18.1 Å². The molecule has 8 nitrogen and oxygen atoms in total. The van der Waals surface area contributed by atoms with Gasteiger partial charge in [0, 0.05) is 62.7 Å². The monoisotopic (exact) mass is 429 g/mol. The maximum absolute atomic E-state index is 13.9. The Labute approximate surface area is 185 Å². The normalized spacial score (nSPS) is 23.0. The summed E-state index contributed by atoms with van der Waals surface area (Å²) in [6.45, 7) is 1.94. The third-order valence-corrected chi connectivity index (χ3v) is 6.17. The van der Waals surface area contributed by atoms with Gasteiger partial charge in [-0.3, -0.25) is 24.5 Å². The largest absolute Gasteiger partial charge is 0.361 e. The zero-order chi connectivity index (χ0) is 22.0. The summed E-state index contributed by atoms with van der Waals surface area (Å²) >= 11 is 0. The number of aromatic nitrogens is 3. The van der Waals surface area contributed by atoms with Crippen LogP contribution in [-0.2, 0) is 16.1 Å². The smallest absolute Gasteiger partial charge is 0.257 e. The van der Waals surface area contributed by atoms with Crippen molar-refractivity contribution in [2.75, 3.05) is 26.2 Å². The average molecular weight is 429 g/mol. The van der Waals surface area contributed by atoms with Gasteiger partial charge in [-0.2, -0.15) is 0 Å². The number of amides is 2. The van der Waals surface area contributed by atoms with Crippen molar-refractivity contribution in [1.29, 1.82) is 0 Å². The molecule has 0 saturated carbocycles. The molecule has 162 valence electrons. The molecule has 5 rings (SSSR count). The topological polar surface area (TPSA) is 88.5 Å². The van der Waals surface area contributed by atoms with Crippen LogP contribution in [0.5, 0.6) is 0 Å². The summed E-state index contributed by atoms with van der Waals surface area (Å²) in [4.78, 5) is 42.9. The number of morpholine rings is 1. The summed E-state index contributed by atoms with van der Waals surface area (Å²) in [6, 6.07) is 11.1. The predicted octanol–water partition coefficient (Wildman–Crippen LogP) is 1.91. The summed E-state index contributed by atoms with van der Waals surface area (Å²) in [5.74, 6) is -0.577. The Bertz CT molecular complexity index is 1100. The fourth-order valence-corrected chi connectivity index (χ4v) is 4.60. The number of hydrogen-bond acceptors (Lipinski definition) is 6. The Morgan fingerprint density at radius 3 is 2.53 bits per heavy atom. The third-order valence-electron chi connectivity index (χ3n) is 6.17. The van der Waals surface area contributed by atoms with Gasteiger partial charge in [0.25, 0.3) is 11.8 Å². The molecule has 2 aliphatic rings. The molecule has 2 atom stereocenters. The molecule has 2 amide bonds. The number of rotatable bonds is 4. The molecule has 5 heterocycles. The quantitative estimate of drug-likeness (QED) is 0.630. The second-order valence-electron chi connectivity index (χ2n) is 8.09. The maximum atomic E-state index is 13.9. The lowest BCUT2D eigenvalue weighted by atomic mass is 9.83. The molecule has 0 aliphatic carbocycles. The second kappa shape index (κ2) is 8.47. The molecule has 0 unspecified atom stereocenters. The number of hydrogen-bond donors (Lipinski definition) is 0. The highest BCUT2D eigenvalue weighted by atomic mass is 16.5. The molecule has 3 aromatic rings. The first-order valence-electron chi connectivity index (χ1n) is 10.6. The van der Waals surface area contributed by atoms with Crippen LogP contribution in [-0.4, -0.2) is 68.4 Å². The predicted molar refractivity (Wildman–Crippen MR) is 115 cm³/mol. The van der Waals surface area contributed by atoms with E-state index >= 15 is 0 Å². The summed E-state index contributed by atoms with van der Waals surface area (Å²) in [6.07, 6.45) is 10.1. The third kappa shape index (κ3) is 3.62. The van der Waals surface area contributed by atoms with E-state index in [0.29, 0.717) is 31.8 Å². The van der Waals surface area contributed by atoms with Crippen LogP contribution >= 0.6 is 0 Å². The lowest BCUT2D eigenvalue weighted by molar-refractivity contribution is -0.172. The van der Waals surface area contributed by atoms with Crippen LogP contribution in [0.4, 0.5) is 0 Å². The van der Waals surface area contributed by atoms with Gasteiger partial charge in [-0.25, -0.2) is 0 Å². The van der Waals surface area contributed by atoms with E-state index in [9.17, 15) is 9.59 Å². The number of pyridine rings is 3. The van der Waals surface area contributed by atoms with E-state index in [1.165, 1.54) is 0 Å². The first-order chi connectivity index (χ1) is 15.7. The Kier molecular flexibility index (Phi) is 5.36. The average Bonchev–Trinajstić information content (AvgIpc) is 3.23. The standard InChI is InChI=1S/C24H23N5O3/c30-22(20-4-2-8-27-14-20)29-16-21(19-3-1-7-26-13-19)24(17-29)23(31)28(11-12-32-24)15-18-5-9-25-10-6-18/h1-10,13-14,21H,11-12,15-17H2/t21-,24-/m0/s1. The molecule has 2 fully saturated rings. The van der Waals surface area contributed by atoms with Crippen LogP contribution in [0, 0.1) is 0 Å². The van der Waals surface area contributed by atoms with Crippen molar-refractivity contribution in [3.05, 3.63) is 90.3 Å². The van der Waals surface area contributed by atoms with Gasteiger partial charge in [0.1, 0.15) is 0 Å². The van der Waals surface area contributed by atoms with Crippen LogP contribution in [0.3, 0.4) is 0 Å². The van der Waals surface area contributed by atoms with Crippen molar-refractivity contribution < 1.29 is 14.3 Å². The number of carbonyl (C=O) groups excluding carboxylic acids is 2. The van der Waals surface area contributed by atoms with Crippen molar-refractivity contribution in [1.82, 2.24) is 24.8 Å². The van der Waals surface area contributed by atoms with Crippen molar-refractivity contribution in [2.24, 2.45) is 0 Å². The van der Waals surface area contributed by atoms with E-state index in [4.69, 9.17) is 4.74 Å². The maximum Gasteiger partial charge on any atom is 0.257 e. The Morgan fingerprint density at radius 2 is 1.81 bits per heavy atom. The SMILES string of the molecule is O=C(c1cccnc1)N1C[C@@H](c2cccnc2)[C@]2(C1)OCCN(Cc1ccncc1)C2=O. The van der Waals surface area contributed by atoms with Gasteiger partial charge < -0.3 is 14.5 Å². The van der Waals surface area contributed by atoms with Gasteiger partial charge in [-0.05, 0) is 41.5 Å². The molecule has 0 radical (unpaired) electrons. The number of likely N-dealkylation sites (tertiary alicyclic amines) is 1. The first-order valence-corrected chi connectivity index (χ1v) is 10.6. The molecule has 8 heteroatoms. The molecule has 0 bridgehead atoms. The van der Waals surface area contributed by atoms with Crippen molar-refractivity contribution in [3.8, 4) is 0 Å². The van der Waals surface area contributed by atoms with Gasteiger partial charge in [0.2, 0.25) is 0 Å². The fourth-order valence-electron chi connectivity index (χ4n) is 4.60. The first kappa shape index (κ1) is 20.3. The molecule has 0 N–H and O–H groups in total. The summed E-state index contributed by atoms with van der Waals surface area (Å²) in [5, 5.41) is 0. The number of carbonyl (C=O) groups is 2. The molecular weight excluding hydrogens is 406 g/mol. The molecular formula is C24H23N5O3. The molecule has 2 saturated heterocycles. The van der Waals surface area contributed by atoms with E-state index in [1.807, 2.05) is 29.2 Å². The Hall–Kier alpha value is -3.65. The summed E-state index contributed by atoms with van der Waals surface area (Å²) < 4.78 is 6.25. The summed E-state index contributed by atoms with van der Waals surface area (Å²) in [5.41, 5.74) is 1.23. The van der Waals surface area contributed by atoms with E-state index in [0.717, 1.165) is 11.1 Å². The lowest BCUT2D eigenvalue weighted by Crippen LogP contribution is -2.60. The lowest BCUT2D eigenvalue weighted by Gasteiger charge is -2.42. The highest BCUT2D eigenvalue weighted by Crippen LogP contribution is 2.42.